The molecule has 1 saturated carbocycles. The van der Waals surface area contributed by atoms with Crippen molar-refractivity contribution in [1.29, 1.82) is 0 Å². The number of nitrogens with zero attached hydrogens (tertiary/aromatic N) is 1. The minimum atomic E-state index is -0.300. The molecule has 1 saturated heterocycles. The first-order valence-corrected chi connectivity index (χ1v) is 12.7. The maximum Gasteiger partial charge on any atom is 0.251 e. The number of rotatable bonds is 7. The molecule has 4 unspecified atom stereocenters. The number of carbonyl (C=O) groups excluding carboxylic acids is 1. The lowest BCUT2D eigenvalue weighted by Gasteiger charge is -2.47. The molecular formula is C31H37BrN2O. The molecule has 1 heterocycles. The largest absolute Gasteiger partial charge is 0.351 e. The van der Waals surface area contributed by atoms with Crippen LogP contribution in [0.25, 0.3) is 0 Å². The number of nitrogens with one attached hydrogen (secondary N) is 1. The van der Waals surface area contributed by atoms with Crippen molar-refractivity contribution in [2.75, 3.05) is 13.6 Å². The highest BCUT2D eigenvalue weighted by Gasteiger charge is 2.47. The first kappa shape index (κ1) is 25.7. The lowest BCUT2D eigenvalue weighted by Crippen LogP contribution is -2.52. The second-order valence-electron chi connectivity index (χ2n) is 10.4. The van der Waals surface area contributed by atoms with Crippen molar-refractivity contribution in [3.63, 3.8) is 0 Å². The maximum absolute atomic E-state index is 13.1. The molecular weight excluding hydrogens is 496 g/mol. The van der Waals surface area contributed by atoms with Crippen LogP contribution in [0.2, 0.25) is 0 Å². The third-order valence-corrected chi connectivity index (χ3v) is 8.68. The van der Waals surface area contributed by atoms with Crippen LogP contribution in [0.5, 0.6) is 0 Å². The van der Waals surface area contributed by atoms with Crippen molar-refractivity contribution in [3.8, 4) is 0 Å². The number of piperidine rings is 1. The Balaban J connectivity index is 0.00000289. The number of amides is 1. The first-order valence-electron chi connectivity index (χ1n) is 12.7. The molecule has 2 aliphatic rings. The van der Waals surface area contributed by atoms with E-state index in [1.54, 1.807) is 0 Å². The SMILES string of the molecule is Br.CC1C2CCC1N(C)C(CC(CNC(=O)c1ccccc1)(c1ccccc1)c1ccccc1)C2. The Kier molecular flexibility index (Phi) is 8.13. The van der Waals surface area contributed by atoms with E-state index in [-0.39, 0.29) is 28.3 Å². The normalized spacial score (nSPS) is 23.9. The molecule has 2 bridgehead atoms. The van der Waals surface area contributed by atoms with Crippen molar-refractivity contribution >= 4 is 22.9 Å². The topological polar surface area (TPSA) is 32.3 Å². The molecule has 0 radical (unpaired) electrons. The predicted molar refractivity (Wildman–Crippen MR) is 149 cm³/mol. The minimum Gasteiger partial charge on any atom is -0.351 e. The van der Waals surface area contributed by atoms with E-state index in [9.17, 15) is 4.79 Å². The summed E-state index contributed by atoms with van der Waals surface area (Å²) in [5.74, 6) is 1.58. The fourth-order valence-electron chi connectivity index (χ4n) is 6.66. The molecule has 1 N–H and O–H groups in total. The fourth-order valence-corrected chi connectivity index (χ4v) is 6.66. The summed E-state index contributed by atoms with van der Waals surface area (Å²) in [6, 6.07) is 32.3. The second-order valence-corrected chi connectivity index (χ2v) is 10.4. The summed E-state index contributed by atoms with van der Waals surface area (Å²) in [5.41, 5.74) is 2.95. The molecule has 0 spiro atoms. The Morgan fingerprint density at radius 2 is 1.43 bits per heavy atom. The van der Waals surface area contributed by atoms with Gasteiger partial charge in [0.05, 0.1) is 0 Å². The Hall–Kier alpha value is -2.43. The van der Waals surface area contributed by atoms with Gasteiger partial charge in [-0.15, -0.1) is 17.0 Å². The van der Waals surface area contributed by atoms with Crippen LogP contribution in [0.15, 0.2) is 91.0 Å². The molecule has 0 aromatic heterocycles. The summed E-state index contributed by atoms with van der Waals surface area (Å²) in [5, 5.41) is 3.33. The molecule has 35 heavy (non-hydrogen) atoms. The molecule has 2 fully saturated rings. The van der Waals surface area contributed by atoms with Crippen LogP contribution in [0.3, 0.4) is 0 Å². The van der Waals surface area contributed by atoms with E-state index in [0.29, 0.717) is 24.2 Å². The molecule has 4 heteroatoms. The third-order valence-electron chi connectivity index (χ3n) is 8.68. The Morgan fingerprint density at radius 1 is 0.886 bits per heavy atom. The fraction of sp³-hybridized carbons (Fsp3) is 0.387. The smallest absolute Gasteiger partial charge is 0.251 e. The Labute approximate surface area is 220 Å². The van der Waals surface area contributed by atoms with Gasteiger partial charge in [0.15, 0.2) is 0 Å². The van der Waals surface area contributed by atoms with Crippen molar-refractivity contribution in [2.24, 2.45) is 11.8 Å². The van der Waals surface area contributed by atoms with Gasteiger partial charge >= 0.3 is 0 Å². The van der Waals surface area contributed by atoms with E-state index in [1.807, 2.05) is 30.3 Å². The standard InChI is InChI=1S/C31H36N2O.BrH/c1-23-25-18-19-29(23)33(2)28(20-25)21-31(26-14-8-4-9-15-26,27-16-10-5-11-17-27)22-32-30(34)24-12-6-3-7-13-24;/h3-17,23,25,28-29H,18-22H2,1-2H3,(H,32,34);1H. The quantitative estimate of drug-likeness (QED) is 0.377. The molecule has 5 rings (SSSR count). The van der Waals surface area contributed by atoms with Crippen molar-refractivity contribution in [3.05, 3.63) is 108 Å². The summed E-state index contributed by atoms with van der Waals surface area (Å²) < 4.78 is 0. The monoisotopic (exact) mass is 532 g/mol. The van der Waals surface area contributed by atoms with E-state index < -0.39 is 0 Å². The van der Waals surface area contributed by atoms with E-state index in [4.69, 9.17) is 0 Å². The van der Waals surface area contributed by atoms with E-state index in [2.05, 4.69) is 84.9 Å². The zero-order valence-corrected chi connectivity index (χ0v) is 22.5. The Bertz CT molecular complexity index is 1050. The van der Waals surface area contributed by atoms with E-state index in [1.165, 1.54) is 30.4 Å². The van der Waals surface area contributed by atoms with Crippen LogP contribution in [-0.2, 0) is 5.41 Å². The highest BCUT2D eigenvalue weighted by atomic mass is 79.9. The lowest BCUT2D eigenvalue weighted by molar-refractivity contribution is 0.0568. The van der Waals surface area contributed by atoms with Gasteiger partial charge in [0.2, 0.25) is 0 Å². The summed E-state index contributed by atoms with van der Waals surface area (Å²) >= 11 is 0. The number of carbonyl (C=O) groups is 1. The average molecular weight is 534 g/mol. The highest BCUT2D eigenvalue weighted by Crippen LogP contribution is 2.47. The van der Waals surface area contributed by atoms with Crippen LogP contribution in [0.4, 0.5) is 0 Å². The van der Waals surface area contributed by atoms with Crippen LogP contribution in [0, 0.1) is 11.8 Å². The summed E-state index contributed by atoms with van der Waals surface area (Å²) in [6.45, 7) is 3.01. The van der Waals surface area contributed by atoms with Gasteiger partial charge in [-0.25, -0.2) is 0 Å². The van der Waals surface area contributed by atoms with Crippen molar-refractivity contribution in [2.45, 2.75) is 50.1 Å². The van der Waals surface area contributed by atoms with Gasteiger partial charge in [0.1, 0.15) is 0 Å². The molecule has 184 valence electrons. The van der Waals surface area contributed by atoms with Gasteiger partial charge in [-0.3, -0.25) is 4.79 Å². The molecule has 1 aliphatic heterocycles. The number of likely N-dealkylation sites (tertiary alicyclic amines) is 1. The first-order chi connectivity index (χ1) is 16.6. The maximum atomic E-state index is 13.1. The predicted octanol–water partition coefficient (Wildman–Crippen LogP) is 6.49. The Morgan fingerprint density at radius 3 is 2.00 bits per heavy atom. The molecule has 3 aromatic rings. The van der Waals surface area contributed by atoms with Gasteiger partial charge in [-0.05, 0) is 67.8 Å². The number of benzene rings is 3. The van der Waals surface area contributed by atoms with Gasteiger partial charge < -0.3 is 10.2 Å². The van der Waals surface area contributed by atoms with Crippen molar-refractivity contribution < 1.29 is 4.79 Å². The third kappa shape index (κ3) is 5.10. The molecule has 1 aliphatic carbocycles. The number of hydrogen-bond donors (Lipinski definition) is 1. The summed E-state index contributed by atoms with van der Waals surface area (Å²) in [7, 11) is 2.33. The van der Waals surface area contributed by atoms with Crippen LogP contribution in [0.1, 0.15) is 54.1 Å². The van der Waals surface area contributed by atoms with Gasteiger partial charge in [0.25, 0.3) is 5.91 Å². The molecule has 3 nitrogen and oxygen atoms in total. The van der Waals surface area contributed by atoms with E-state index in [0.717, 1.165) is 18.3 Å². The van der Waals surface area contributed by atoms with Crippen LogP contribution >= 0.6 is 17.0 Å². The second kappa shape index (κ2) is 11.1. The van der Waals surface area contributed by atoms with Gasteiger partial charge in [0, 0.05) is 29.6 Å². The van der Waals surface area contributed by atoms with Crippen molar-refractivity contribution in [1.82, 2.24) is 10.2 Å². The summed E-state index contributed by atoms with van der Waals surface area (Å²) in [4.78, 5) is 15.8. The zero-order chi connectivity index (χ0) is 23.5. The zero-order valence-electron chi connectivity index (χ0n) is 20.8. The molecule has 3 aromatic carbocycles. The van der Waals surface area contributed by atoms with E-state index >= 15 is 0 Å². The van der Waals surface area contributed by atoms with Crippen LogP contribution < -0.4 is 5.32 Å². The number of fused-ring (bicyclic) bond motifs is 2. The molecule has 4 atom stereocenters. The van der Waals surface area contributed by atoms with Gasteiger partial charge in [-0.2, -0.15) is 0 Å². The average Bonchev–Trinajstić information content (AvgIpc) is 3.17. The van der Waals surface area contributed by atoms with Gasteiger partial charge in [-0.1, -0.05) is 85.8 Å². The molecule has 1 amide bonds. The number of halogens is 1. The number of hydrogen-bond acceptors (Lipinski definition) is 2. The minimum absolute atomic E-state index is 0. The summed E-state index contributed by atoms with van der Waals surface area (Å²) in [6.07, 6.45) is 4.89. The lowest BCUT2D eigenvalue weighted by atomic mass is 9.68. The van der Waals surface area contributed by atoms with Crippen LogP contribution in [-0.4, -0.2) is 36.5 Å². The highest BCUT2D eigenvalue weighted by molar-refractivity contribution is 8.93.